The number of carbonyl (C=O) groups is 1. The van der Waals surface area contributed by atoms with Gasteiger partial charge < -0.3 is 4.90 Å². The van der Waals surface area contributed by atoms with Crippen molar-refractivity contribution in [3.8, 4) is 0 Å². The van der Waals surface area contributed by atoms with Gasteiger partial charge in [-0.05, 0) is 35.2 Å². The number of Topliss-reactive ketones (excluding diaryl/α,β-unsaturated/α-hetero) is 1. The summed E-state index contributed by atoms with van der Waals surface area (Å²) >= 11 is 0. The van der Waals surface area contributed by atoms with Gasteiger partial charge >= 0.3 is 0 Å². The molecular weight excluding hydrogens is 358 g/mol. The van der Waals surface area contributed by atoms with Gasteiger partial charge in [-0.2, -0.15) is 0 Å². The first-order chi connectivity index (χ1) is 14.2. The molecular formula is C25H25N3O. The lowest BCUT2D eigenvalue weighted by Gasteiger charge is -2.32. The van der Waals surface area contributed by atoms with Crippen molar-refractivity contribution in [1.82, 2.24) is 4.90 Å². The van der Waals surface area contributed by atoms with Crippen molar-refractivity contribution >= 4 is 17.3 Å². The number of hydrazone groups is 1. The maximum atomic E-state index is 12.5. The fraction of sp³-hybridized carbons (Fsp3) is 0.200. The van der Waals surface area contributed by atoms with Crippen LogP contribution in [0.25, 0.3) is 0 Å². The summed E-state index contributed by atoms with van der Waals surface area (Å²) in [7, 11) is 0. The van der Waals surface area contributed by atoms with Gasteiger partial charge in [-0.1, -0.05) is 79.7 Å². The van der Waals surface area contributed by atoms with Crippen LogP contribution in [0.3, 0.4) is 0 Å². The van der Waals surface area contributed by atoms with Crippen LogP contribution in [-0.2, 0) is 17.8 Å². The number of hydrogen-bond acceptors (Lipinski definition) is 4. The average molecular weight is 383 g/mol. The molecule has 4 rings (SSSR count). The lowest BCUT2D eigenvalue weighted by atomic mass is 10.1. The lowest BCUT2D eigenvalue weighted by molar-refractivity contribution is -0.111. The van der Waals surface area contributed by atoms with Crippen LogP contribution in [0.4, 0.5) is 5.69 Å². The molecule has 0 bridgehead atoms. The summed E-state index contributed by atoms with van der Waals surface area (Å²) in [6, 6.07) is 28.9. The smallest absolute Gasteiger partial charge is 0.196 e. The maximum Gasteiger partial charge on any atom is 0.196 e. The largest absolute Gasteiger partial charge is 0.322 e. The topological polar surface area (TPSA) is 35.9 Å². The SMILES string of the molecule is CCc1ccc([C@@H]2N(Cc3ccccc3)C(C(C)=O)=NN2c2ccccc2)cc1. The van der Waals surface area contributed by atoms with E-state index in [9.17, 15) is 4.79 Å². The van der Waals surface area contributed by atoms with Crippen molar-refractivity contribution in [3.63, 3.8) is 0 Å². The molecule has 4 heteroatoms. The summed E-state index contributed by atoms with van der Waals surface area (Å²) in [6.07, 6.45) is 0.818. The van der Waals surface area contributed by atoms with Gasteiger partial charge in [0.15, 0.2) is 17.8 Å². The molecule has 3 aromatic rings. The molecule has 0 aromatic heterocycles. The summed E-state index contributed by atoms with van der Waals surface area (Å²) < 4.78 is 0. The number of nitrogens with zero attached hydrogens (tertiary/aromatic N) is 3. The van der Waals surface area contributed by atoms with Crippen molar-refractivity contribution in [3.05, 3.63) is 102 Å². The van der Waals surface area contributed by atoms with Crippen LogP contribution in [0.5, 0.6) is 0 Å². The van der Waals surface area contributed by atoms with Crippen molar-refractivity contribution in [2.24, 2.45) is 5.10 Å². The van der Waals surface area contributed by atoms with Crippen LogP contribution in [0.15, 0.2) is 90.0 Å². The van der Waals surface area contributed by atoms with Crippen molar-refractivity contribution in [2.75, 3.05) is 5.01 Å². The molecule has 0 N–H and O–H groups in total. The number of carbonyl (C=O) groups excluding carboxylic acids is 1. The zero-order chi connectivity index (χ0) is 20.2. The molecule has 0 saturated heterocycles. The molecule has 1 aliphatic heterocycles. The number of ketones is 1. The number of aryl methyl sites for hydroxylation is 1. The maximum absolute atomic E-state index is 12.5. The molecule has 146 valence electrons. The van der Waals surface area contributed by atoms with E-state index in [-0.39, 0.29) is 11.9 Å². The lowest BCUT2D eigenvalue weighted by Crippen LogP contribution is -2.37. The van der Waals surface area contributed by atoms with Gasteiger partial charge in [0, 0.05) is 13.5 Å². The zero-order valence-corrected chi connectivity index (χ0v) is 16.8. The highest BCUT2D eigenvalue weighted by Crippen LogP contribution is 2.36. The van der Waals surface area contributed by atoms with Gasteiger partial charge in [0.25, 0.3) is 0 Å². The Kier molecular flexibility index (Phi) is 5.43. The molecule has 4 nitrogen and oxygen atoms in total. The molecule has 0 amide bonds. The Labute approximate surface area is 172 Å². The highest BCUT2D eigenvalue weighted by Gasteiger charge is 2.37. The Balaban J connectivity index is 1.79. The molecule has 1 heterocycles. The molecule has 0 fully saturated rings. The quantitative estimate of drug-likeness (QED) is 0.589. The summed E-state index contributed by atoms with van der Waals surface area (Å²) in [5, 5.41) is 6.72. The summed E-state index contributed by atoms with van der Waals surface area (Å²) in [4.78, 5) is 14.6. The second-order valence-corrected chi connectivity index (χ2v) is 7.24. The van der Waals surface area contributed by atoms with E-state index in [1.807, 2.05) is 53.5 Å². The minimum Gasteiger partial charge on any atom is -0.322 e. The van der Waals surface area contributed by atoms with E-state index in [0.29, 0.717) is 12.4 Å². The predicted octanol–water partition coefficient (Wildman–Crippen LogP) is 5.17. The first-order valence-electron chi connectivity index (χ1n) is 10.0. The van der Waals surface area contributed by atoms with E-state index < -0.39 is 0 Å². The third-order valence-electron chi connectivity index (χ3n) is 5.22. The molecule has 0 aliphatic carbocycles. The van der Waals surface area contributed by atoms with E-state index >= 15 is 0 Å². The number of para-hydroxylation sites is 1. The molecule has 0 saturated carbocycles. The minimum atomic E-state index is -0.178. The number of hydrogen-bond donors (Lipinski definition) is 0. The predicted molar refractivity (Wildman–Crippen MR) is 118 cm³/mol. The Hall–Kier alpha value is -3.40. The molecule has 0 unspecified atom stereocenters. The monoisotopic (exact) mass is 383 g/mol. The number of rotatable bonds is 6. The van der Waals surface area contributed by atoms with Gasteiger partial charge in [0.05, 0.1) is 5.69 Å². The summed E-state index contributed by atoms with van der Waals surface area (Å²) in [6.45, 7) is 4.35. The van der Waals surface area contributed by atoms with Crippen LogP contribution in [-0.4, -0.2) is 16.5 Å². The Bertz CT molecular complexity index is 997. The van der Waals surface area contributed by atoms with Crippen LogP contribution in [0, 0.1) is 0 Å². The Morgan fingerprint density at radius 3 is 2.07 bits per heavy atom. The molecule has 1 aliphatic rings. The Morgan fingerprint density at radius 1 is 0.862 bits per heavy atom. The first kappa shape index (κ1) is 18.9. The second-order valence-electron chi connectivity index (χ2n) is 7.24. The van der Waals surface area contributed by atoms with E-state index in [2.05, 4.69) is 48.2 Å². The third-order valence-corrected chi connectivity index (χ3v) is 5.22. The van der Waals surface area contributed by atoms with Crippen molar-refractivity contribution < 1.29 is 4.79 Å². The van der Waals surface area contributed by atoms with Gasteiger partial charge in [0.2, 0.25) is 0 Å². The van der Waals surface area contributed by atoms with Crippen LogP contribution < -0.4 is 5.01 Å². The summed E-state index contributed by atoms with van der Waals surface area (Å²) in [5.41, 5.74) is 4.51. The second kappa shape index (κ2) is 8.31. The highest BCUT2D eigenvalue weighted by atomic mass is 16.1. The molecule has 0 radical (unpaired) electrons. The average Bonchev–Trinajstić information content (AvgIpc) is 3.14. The van der Waals surface area contributed by atoms with Gasteiger partial charge in [-0.25, -0.2) is 5.01 Å². The zero-order valence-electron chi connectivity index (χ0n) is 16.8. The number of anilines is 1. The molecule has 3 aromatic carbocycles. The van der Waals surface area contributed by atoms with Gasteiger partial charge in [0.1, 0.15) is 0 Å². The fourth-order valence-electron chi connectivity index (χ4n) is 3.70. The molecule has 0 spiro atoms. The van der Waals surface area contributed by atoms with Crippen molar-refractivity contribution in [1.29, 1.82) is 0 Å². The molecule has 1 atom stereocenters. The number of benzene rings is 3. The van der Waals surface area contributed by atoms with Gasteiger partial charge in [-0.15, -0.1) is 5.10 Å². The number of amidine groups is 1. The summed E-state index contributed by atoms with van der Waals surface area (Å²) in [5.74, 6) is 0.455. The van der Waals surface area contributed by atoms with Crippen LogP contribution in [0.2, 0.25) is 0 Å². The third kappa shape index (κ3) is 3.92. The van der Waals surface area contributed by atoms with Crippen LogP contribution >= 0.6 is 0 Å². The van der Waals surface area contributed by atoms with E-state index in [4.69, 9.17) is 5.10 Å². The van der Waals surface area contributed by atoms with E-state index in [1.54, 1.807) is 6.92 Å². The van der Waals surface area contributed by atoms with Crippen LogP contribution in [0.1, 0.15) is 36.7 Å². The van der Waals surface area contributed by atoms with Gasteiger partial charge in [-0.3, -0.25) is 4.79 Å². The first-order valence-corrected chi connectivity index (χ1v) is 10.0. The normalized spacial score (nSPS) is 16.1. The minimum absolute atomic E-state index is 0.0328. The standard InChI is InChI=1S/C25H25N3O/c1-3-20-14-16-22(17-15-20)25-27(18-21-10-6-4-7-11-21)24(19(2)29)26-28(25)23-12-8-5-9-13-23/h4-17,25H,3,18H2,1-2H3/t25-/m1/s1. The fourth-order valence-corrected chi connectivity index (χ4v) is 3.70. The molecule has 29 heavy (non-hydrogen) atoms. The van der Waals surface area contributed by atoms with E-state index in [1.165, 1.54) is 5.56 Å². The Morgan fingerprint density at radius 2 is 1.48 bits per heavy atom. The van der Waals surface area contributed by atoms with Crippen molar-refractivity contribution in [2.45, 2.75) is 33.0 Å². The van der Waals surface area contributed by atoms with E-state index in [0.717, 1.165) is 23.2 Å². The highest BCUT2D eigenvalue weighted by molar-refractivity contribution is 6.38.